The molecule has 0 unspecified atom stereocenters. The van der Waals surface area contributed by atoms with E-state index in [-0.39, 0.29) is 17.7 Å². The van der Waals surface area contributed by atoms with Crippen molar-refractivity contribution < 1.29 is 19.4 Å². The number of hydrogen-bond acceptors (Lipinski definition) is 6. The Morgan fingerprint density at radius 3 is 2.42 bits per heavy atom. The third kappa shape index (κ3) is 5.97. The highest BCUT2D eigenvalue weighted by molar-refractivity contribution is 9.10. The highest BCUT2D eigenvalue weighted by Gasteiger charge is 2.23. The van der Waals surface area contributed by atoms with Gasteiger partial charge in [0.1, 0.15) is 12.4 Å². The van der Waals surface area contributed by atoms with Gasteiger partial charge in [0.2, 0.25) is 0 Å². The Kier molecular flexibility index (Phi) is 8.03. The molecule has 4 rings (SSSR count). The summed E-state index contributed by atoms with van der Waals surface area (Å²) in [7, 11) is 1.53. The first-order valence-corrected chi connectivity index (χ1v) is 13.2. The normalized spacial score (nSPS) is 11.7. The standard InChI is InChI=1S/C28H25Br2N3O5/c1-28(2,3)27-32-22-10-9-19(29)12-21(22)25(34)33(27)31-14-18-11-20(30)13-23(37-4)24(18)38-15-16-5-7-17(8-6-16)26(35)36/h5-14H,15H2,1-4H3,(H,35,36). The van der Waals surface area contributed by atoms with Crippen LogP contribution >= 0.6 is 31.9 Å². The first kappa shape index (κ1) is 27.5. The number of ether oxygens (including phenoxy) is 2. The molecular weight excluding hydrogens is 618 g/mol. The van der Waals surface area contributed by atoms with Gasteiger partial charge < -0.3 is 14.6 Å². The third-order valence-electron chi connectivity index (χ3n) is 5.64. The lowest BCUT2D eigenvalue weighted by atomic mass is 9.95. The maximum Gasteiger partial charge on any atom is 0.335 e. The molecule has 0 aliphatic carbocycles. The largest absolute Gasteiger partial charge is 0.493 e. The van der Waals surface area contributed by atoms with E-state index in [2.05, 4.69) is 37.0 Å². The zero-order chi connectivity index (χ0) is 27.6. The highest BCUT2D eigenvalue weighted by Crippen LogP contribution is 2.35. The maximum absolute atomic E-state index is 13.5. The summed E-state index contributed by atoms with van der Waals surface area (Å²) in [6.45, 7) is 6.07. The molecule has 8 nitrogen and oxygen atoms in total. The number of rotatable bonds is 7. The van der Waals surface area contributed by atoms with Crippen molar-refractivity contribution in [1.29, 1.82) is 0 Å². The molecule has 0 bridgehead atoms. The Morgan fingerprint density at radius 1 is 1.08 bits per heavy atom. The first-order valence-electron chi connectivity index (χ1n) is 11.6. The van der Waals surface area contributed by atoms with Crippen molar-refractivity contribution >= 4 is 54.9 Å². The number of hydrogen-bond donors (Lipinski definition) is 1. The van der Waals surface area contributed by atoms with E-state index < -0.39 is 11.4 Å². The van der Waals surface area contributed by atoms with Gasteiger partial charge in [0.15, 0.2) is 11.5 Å². The van der Waals surface area contributed by atoms with Gasteiger partial charge >= 0.3 is 5.97 Å². The molecule has 38 heavy (non-hydrogen) atoms. The Morgan fingerprint density at radius 2 is 1.79 bits per heavy atom. The van der Waals surface area contributed by atoms with Gasteiger partial charge in [-0.3, -0.25) is 4.79 Å². The number of aromatic nitrogens is 2. The van der Waals surface area contributed by atoms with Crippen LogP contribution in [0.3, 0.4) is 0 Å². The molecule has 1 aromatic heterocycles. The summed E-state index contributed by atoms with van der Waals surface area (Å²) in [4.78, 5) is 29.4. The van der Waals surface area contributed by atoms with E-state index in [0.717, 1.165) is 14.5 Å². The average Bonchev–Trinajstić information content (AvgIpc) is 2.87. The van der Waals surface area contributed by atoms with Crippen LogP contribution in [0.25, 0.3) is 10.9 Å². The number of methoxy groups -OCH3 is 1. The minimum atomic E-state index is -0.994. The van der Waals surface area contributed by atoms with Crippen molar-refractivity contribution in [2.45, 2.75) is 32.8 Å². The van der Waals surface area contributed by atoms with E-state index in [1.807, 2.05) is 32.9 Å². The summed E-state index contributed by atoms with van der Waals surface area (Å²) in [6, 6.07) is 15.4. The molecule has 4 aromatic rings. The number of carboxylic acid groups (broad SMARTS) is 1. The van der Waals surface area contributed by atoms with Crippen LogP contribution in [-0.2, 0) is 12.0 Å². The zero-order valence-electron chi connectivity index (χ0n) is 21.2. The number of carbonyl (C=O) groups is 1. The van der Waals surface area contributed by atoms with Gasteiger partial charge in [-0.1, -0.05) is 64.8 Å². The van der Waals surface area contributed by atoms with Crippen molar-refractivity contribution in [2.24, 2.45) is 5.10 Å². The number of nitrogens with zero attached hydrogens (tertiary/aromatic N) is 3. The minimum Gasteiger partial charge on any atom is -0.493 e. The van der Waals surface area contributed by atoms with Crippen molar-refractivity contribution in [3.05, 3.63) is 96.4 Å². The number of fused-ring (bicyclic) bond motifs is 1. The molecule has 3 aromatic carbocycles. The lowest BCUT2D eigenvalue weighted by Gasteiger charge is -2.21. The molecule has 0 saturated heterocycles. The molecule has 0 saturated carbocycles. The van der Waals surface area contributed by atoms with E-state index in [9.17, 15) is 9.59 Å². The summed E-state index contributed by atoms with van der Waals surface area (Å²) in [5.41, 5.74) is 1.38. The molecule has 0 spiro atoms. The number of halogens is 2. The zero-order valence-corrected chi connectivity index (χ0v) is 24.3. The van der Waals surface area contributed by atoms with Gasteiger partial charge in [-0.2, -0.15) is 9.78 Å². The van der Waals surface area contributed by atoms with Gasteiger partial charge in [0.25, 0.3) is 5.56 Å². The molecule has 0 radical (unpaired) electrons. The van der Waals surface area contributed by atoms with Crippen molar-refractivity contribution in [3.8, 4) is 11.5 Å². The van der Waals surface area contributed by atoms with Crippen LogP contribution in [0, 0.1) is 0 Å². The van der Waals surface area contributed by atoms with Crippen LogP contribution in [0.1, 0.15) is 48.1 Å². The Labute approximate surface area is 236 Å². The average molecular weight is 643 g/mol. The molecule has 10 heteroatoms. The fraction of sp³-hybridized carbons (Fsp3) is 0.214. The highest BCUT2D eigenvalue weighted by atomic mass is 79.9. The molecule has 196 valence electrons. The minimum absolute atomic E-state index is 0.164. The molecule has 0 aliphatic rings. The SMILES string of the molecule is COc1cc(Br)cc(C=Nn2c(C(C)(C)C)nc3ccc(Br)cc3c2=O)c1OCc1ccc(C(=O)O)cc1. The van der Waals surface area contributed by atoms with Crippen LogP contribution in [0.2, 0.25) is 0 Å². The molecule has 0 amide bonds. The molecule has 0 aliphatic heterocycles. The fourth-order valence-corrected chi connectivity index (χ4v) is 4.57. The molecule has 0 fully saturated rings. The molecular formula is C28H25Br2N3O5. The fourth-order valence-electron chi connectivity index (χ4n) is 3.75. The second kappa shape index (κ2) is 11.1. The molecule has 0 atom stereocenters. The van der Waals surface area contributed by atoms with Crippen molar-refractivity contribution in [3.63, 3.8) is 0 Å². The van der Waals surface area contributed by atoms with Crippen LogP contribution in [0.5, 0.6) is 11.5 Å². The Bertz CT molecular complexity index is 1610. The smallest absolute Gasteiger partial charge is 0.335 e. The summed E-state index contributed by atoms with van der Waals surface area (Å²) in [5.74, 6) is 0.401. The van der Waals surface area contributed by atoms with Crippen molar-refractivity contribution in [1.82, 2.24) is 9.66 Å². The number of carboxylic acids is 1. The third-order valence-corrected chi connectivity index (χ3v) is 6.59. The van der Waals surface area contributed by atoms with E-state index in [4.69, 9.17) is 19.6 Å². The van der Waals surface area contributed by atoms with Crippen LogP contribution in [0.4, 0.5) is 0 Å². The van der Waals surface area contributed by atoms with Crippen LogP contribution < -0.4 is 15.0 Å². The quantitative estimate of drug-likeness (QED) is 0.235. The predicted octanol–water partition coefficient (Wildman–Crippen LogP) is 6.39. The van der Waals surface area contributed by atoms with Gasteiger partial charge in [-0.25, -0.2) is 9.78 Å². The van der Waals surface area contributed by atoms with Gasteiger partial charge in [0, 0.05) is 19.9 Å². The van der Waals surface area contributed by atoms with Crippen LogP contribution in [0.15, 0.2) is 73.4 Å². The number of aromatic carboxylic acids is 1. The van der Waals surface area contributed by atoms with E-state index in [1.54, 1.807) is 30.3 Å². The summed E-state index contributed by atoms with van der Waals surface area (Å²) in [5, 5.41) is 14.1. The number of benzene rings is 3. The second-order valence-corrected chi connectivity index (χ2v) is 11.4. The monoisotopic (exact) mass is 641 g/mol. The van der Waals surface area contributed by atoms with E-state index >= 15 is 0 Å². The van der Waals surface area contributed by atoms with E-state index in [1.165, 1.54) is 30.1 Å². The first-order chi connectivity index (χ1) is 18.0. The Balaban J connectivity index is 1.78. The van der Waals surface area contributed by atoms with E-state index in [0.29, 0.717) is 33.8 Å². The van der Waals surface area contributed by atoms with Gasteiger partial charge in [-0.15, -0.1) is 0 Å². The van der Waals surface area contributed by atoms with Gasteiger partial charge in [-0.05, 0) is 48.0 Å². The molecule has 1 heterocycles. The summed E-state index contributed by atoms with van der Waals surface area (Å²) >= 11 is 6.92. The Hall–Kier alpha value is -3.50. The van der Waals surface area contributed by atoms with Gasteiger partial charge in [0.05, 0.1) is 29.8 Å². The second-order valence-electron chi connectivity index (χ2n) is 9.53. The predicted molar refractivity (Wildman–Crippen MR) is 154 cm³/mol. The summed E-state index contributed by atoms with van der Waals surface area (Å²) < 4.78 is 14.5. The lowest BCUT2D eigenvalue weighted by molar-refractivity contribution is 0.0697. The summed E-state index contributed by atoms with van der Waals surface area (Å²) in [6.07, 6.45) is 1.54. The van der Waals surface area contributed by atoms with Crippen LogP contribution in [-0.4, -0.2) is 34.1 Å². The topological polar surface area (TPSA) is 103 Å². The lowest BCUT2D eigenvalue weighted by Crippen LogP contribution is -2.29. The molecule has 1 N–H and O–H groups in total. The van der Waals surface area contributed by atoms with Crippen molar-refractivity contribution in [2.75, 3.05) is 7.11 Å². The maximum atomic E-state index is 13.5.